The minimum Gasteiger partial charge on any atom is -0.450 e. The van der Waals surface area contributed by atoms with Crippen molar-refractivity contribution in [2.24, 2.45) is 0 Å². The lowest BCUT2D eigenvalue weighted by molar-refractivity contribution is 0.101. The Morgan fingerprint density at radius 2 is 1.48 bits per heavy atom. The van der Waals surface area contributed by atoms with Crippen molar-refractivity contribution in [1.82, 2.24) is 0 Å². The van der Waals surface area contributed by atoms with Gasteiger partial charge < -0.3 is 9.73 Å². The summed E-state index contributed by atoms with van der Waals surface area (Å²) in [7, 11) is 0. The van der Waals surface area contributed by atoms with Gasteiger partial charge in [0.1, 0.15) is 5.58 Å². The number of halogens is 1. The van der Waals surface area contributed by atoms with E-state index < -0.39 is 0 Å². The maximum absolute atomic E-state index is 13.0. The average molecular weight is 420 g/mol. The van der Waals surface area contributed by atoms with Gasteiger partial charge in [0, 0.05) is 15.4 Å². The molecule has 27 heavy (non-hydrogen) atoms. The molecule has 0 aliphatic carbocycles. The summed E-state index contributed by atoms with van der Waals surface area (Å²) in [6, 6.07) is 23.2. The molecule has 1 aromatic heterocycles. The molecule has 0 fully saturated rings. The van der Waals surface area contributed by atoms with Crippen LogP contribution in [0, 0.1) is 0 Å². The fourth-order valence-electron chi connectivity index (χ4n) is 2.88. The van der Waals surface area contributed by atoms with E-state index in [9.17, 15) is 9.59 Å². The minimum absolute atomic E-state index is 0.114. The molecule has 3 aromatic carbocycles. The Kier molecular flexibility index (Phi) is 4.60. The number of hydrogen-bond acceptors (Lipinski definition) is 3. The number of rotatable bonds is 4. The van der Waals surface area contributed by atoms with Crippen LogP contribution in [0.1, 0.15) is 26.5 Å². The molecule has 4 aromatic rings. The van der Waals surface area contributed by atoms with Crippen molar-refractivity contribution in [2.45, 2.75) is 0 Å². The molecule has 0 radical (unpaired) electrons. The zero-order valence-corrected chi connectivity index (χ0v) is 15.7. The number of carbonyl (C=O) groups is 2. The van der Waals surface area contributed by atoms with Gasteiger partial charge in [-0.15, -0.1) is 0 Å². The van der Waals surface area contributed by atoms with Gasteiger partial charge in [0.15, 0.2) is 5.76 Å². The predicted molar refractivity (Wildman–Crippen MR) is 108 cm³/mol. The third kappa shape index (κ3) is 3.29. The zero-order valence-electron chi connectivity index (χ0n) is 14.1. The van der Waals surface area contributed by atoms with Crippen molar-refractivity contribution in [3.05, 3.63) is 100 Å². The first-order valence-corrected chi connectivity index (χ1v) is 9.11. The Labute approximate surface area is 163 Å². The summed E-state index contributed by atoms with van der Waals surface area (Å²) in [5.74, 6) is -0.492. The molecule has 0 spiro atoms. The summed E-state index contributed by atoms with van der Waals surface area (Å²) in [5, 5.41) is 3.54. The Morgan fingerprint density at radius 3 is 2.26 bits per heavy atom. The zero-order chi connectivity index (χ0) is 18.8. The van der Waals surface area contributed by atoms with E-state index in [1.807, 2.05) is 30.3 Å². The Hall–Kier alpha value is -3.18. The van der Waals surface area contributed by atoms with Gasteiger partial charge >= 0.3 is 0 Å². The highest BCUT2D eigenvalue weighted by atomic mass is 79.9. The largest absolute Gasteiger partial charge is 0.450 e. The molecule has 132 valence electrons. The third-order valence-electron chi connectivity index (χ3n) is 4.19. The lowest BCUT2D eigenvalue weighted by Crippen LogP contribution is -2.14. The molecule has 0 aliphatic rings. The molecule has 0 saturated heterocycles. The fraction of sp³-hybridized carbons (Fsp3) is 0. The molecule has 4 rings (SSSR count). The lowest BCUT2D eigenvalue weighted by atomic mass is 10.1. The lowest BCUT2D eigenvalue weighted by Gasteiger charge is -2.07. The van der Waals surface area contributed by atoms with Crippen molar-refractivity contribution < 1.29 is 14.0 Å². The molecule has 0 bridgehead atoms. The molecule has 1 N–H and O–H groups in total. The van der Waals surface area contributed by atoms with E-state index in [0.29, 0.717) is 32.3 Å². The Bertz CT molecular complexity index is 1150. The van der Waals surface area contributed by atoms with Gasteiger partial charge in [-0.05, 0) is 40.2 Å². The molecule has 0 unspecified atom stereocenters. The van der Waals surface area contributed by atoms with Crippen molar-refractivity contribution in [3.63, 3.8) is 0 Å². The van der Waals surface area contributed by atoms with E-state index in [4.69, 9.17) is 4.42 Å². The summed E-state index contributed by atoms with van der Waals surface area (Å²) in [6.07, 6.45) is 0. The van der Waals surface area contributed by atoms with Crippen molar-refractivity contribution >= 4 is 44.3 Å². The van der Waals surface area contributed by atoms with E-state index in [-0.39, 0.29) is 17.5 Å². The summed E-state index contributed by atoms with van der Waals surface area (Å²) < 4.78 is 6.48. The number of carbonyl (C=O) groups excluding carboxylic acids is 2. The highest BCUT2D eigenvalue weighted by molar-refractivity contribution is 9.10. The van der Waals surface area contributed by atoms with Gasteiger partial charge in [-0.25, -0.2) is 0 Å². The number of benzene rings is 3. The third-order valence-corrected chi connectivity index (χ3v) is 4.89. The van der Waals surface area contributed by atoms with Crippen LogP contribution < -0.4 is 5.32 Å². The normalized spacial score (nSPS) is 10.7. The van der Waals surface area contributed by atoms with Crippen LogP contribution in [0.15, 0.2) is 87.8 Å². The number of ketones is 1. The van der Waals surface area contributed by atoms with Crippen molar-refractivity contribution in [3.8, 4) is 0 Å². The molecule has 4 nitrogen and oxygen atoms in total. The van der Waals surface area contributed by atoms with Crippen LogP contribution in [0.5, 0.6) is 0 Å². The summed E-state index contributed by atoms with van der Waals surface area (Å²) in [5.41, 5.74) is 1.88. The summed E-state index contributed by atoms with van der Waals surface area (Å²) in [6.45, 7) is 0. The second kappa shape index (κ2) is 7.21. The number of hydrogen-bond donors (Lipinski definition) is 1. The van der Waals surface area contributed by atoms with E-state index >= 15 is 0 Å². The van der Waals surface area contributed by atoms with Gasteiger partial charge in [-0.3, -0.25) is 9.59 Å². The number of fused-ring (bicyclic) bond motifs is 1. The summed E-state index contributed by atoms with van der Waals surface area (Å²) >= 11 is 3.38. The van der Waals surface area contributed by atoms with Crippen LogP contribution in [-0.4, -0.2) is 11.7 Å². The van der Waals surface area contributed by atoms with E-state index in [2.05, 4.69) is 21.2 Å². The monoisotopic (exact) mass is 419 g/mol. The predicted octanol–water partition coefficient (Wildman–Crippen LogP) is 5.68. The number of nitrogens with one attached hydrogen (secondary N) is 1. The molecule has 1 heterocycles. The van der Waals surface area contributed by atoms with E-state index in [1.54, 1.807) is 48.5 Å². The fourth-order valence-corrected chi connectivity index (χ4v) is 3.34. The second-order valence-corrected chi connectivity index (χ2v) is 6.79. The summed E-state index contributed by atoms with van der Waals surface area (Å²) in [4.78, 5) is 25.8. The topological polar surface area (TPSA) is 59.3 Å². The van der Waals surface area contributed by atoms with Crippen LogP contribution in [0.2, 0.25) is 0 Å². The second-order valence-electron chi connectivity index (χ2n) is 5.93. The van der Waals surface area contributed by atoms with E-state index in [1.165, 1.54) is 0 Å². The molecule has 0 saturated carbocycles. The number of amides is 1. The molecular formula is C22H14BrNO3. The standard InChI is InChI=1S/C22H14BrNO3/c23-17-12-6-4-10-15(17)22(26)24-19-16-11-5-7-13-18(16)27-21(19)20(25)14-8-2-1-3-9-14/h1-13H,(H,24,26). The molecule has 1 amide bonds. The molecule has 0 atom stereocenters. The van der Waals surface area contributed by atoms with Gasteiger partial charge in [0.2, 0.25) is 5.78 Å². The van der Waals surface area contributed by atoms with Gasteiger partial charge in [0.05, 0.1) is 11.3 Å². The SMILES string of the molecule is O=C(Nc1c(C(=O)c2ccccc2)oc2ccccc12)c1ccccc1Br. The van der Waals surface area contributed by atoms with Crippen LogP contribution in [0.25, 0.3) is 11.0 Å². The highest BCUT2D eigenvalue weighted by Gasteiger charge is 2.24. The van der Waals surface area contributed by atoms with Crippen LogP contribution in [0.4, 0.5) is 5.69 Å². The van der Waals surface area contributed by atoms with Crippen LogP contribution >= 0.6 is 15.9 Å². The maximum atomic E-state index is 13.0. The Balaban J connectivity index is 1.80. The molecule has 0 aliphatic heterocycles. The molecular weight excluding hydrogens is 406 g/mol. The average Bonchev–Trinajstić information content (AvgIpc) is 3.07. The first-order valence-electron chi connectivity index (χ1n) is 8.32. The van der Waals surface area contributed by atoms with Gasteiger partial charge in [-0.2, -0.15) is 0 Å². The van der Waals surface area contributed by atoms with E-state index in [0.717, 1.165) is 0 Å². The number of anilines is 1. The van der Waals surface area contributed by atoms with Gasteiger partial charge in [0.25, 0.3) is 5.91 Å². The first kappa shape index (κ1) is 17.2. The van der Waals surface area contributed by atoms with Gasteiger partial charge in [-0.1, -0.05) is 54.6 Å². The maximum Gasteiger partial charge on any atom is 0.256 e. The highest BCUT2D eigenvalue weighted by Crippen LogP contribution is 2.33. The Morgan fingerprint density at radius 1 is 0.815 bits per heavy atom. The van der Waals surface area contributed by atoms with Crippen LogP contribution in [0.3, 0.4) is 0 Å². The number of para-hydroxylation sites is 1. The van der Waals surface area contributed by atoms with Crippen LogP contribution in [-0.2, 0) is 0 Å². The minimum atomic E-state index is -0.323. The van der Waals surface area contributed by atoms with Crippen molar-refractivity contribution in [2.75, 3.05) is 5.32 Å². The molecule has 5 heteroatoms. The first-order chi connectivity index (χ1) is 13.1. The van der Waals surface area contributed by atoms with Crippen molar-refractivity contribution in [1.29, 1.82) is 0 Å². The quantitative estimate of drug-likeness (QED) is 0.433. The smallest absolute Gasteiger partial charge is 0.256 e. The number of furan rings is 1.